The molecule has 20 heavy (non-hydrogen) atoms. The molecule has 1 atom stereocenters. The fourth-order valence-corrected chi connectivity index (χ4v) is 2.17. The van der Waals surface area contributed by atoms with Crippen LogP contribution in [0.15, 0.2) is 24.4 Å². The summed E-state index contributed by atoms with van der Waals surface area (Å²) in [6.07, 6.45) is 2.67. The molecule has 0 amide bonds. The van der Waals surface area contributed by atoms with Gasteiger partial charge < -0.3 is 10.6 Å². The van der Waals surface area contributed by atoms with Gasteiger partial charge in [0.15, 0.2) is 0 Å². The molecule has 2 heterocycles. The second kappa shape index (κ2) is 5.98. The van der Waals surface area contributed by atoms with Crippen molar-refractivity contribution >= 4 is 34.9 Å². The molecule has 106 valence electrons. The number of nitro groups is 1. The lowest BCUT2D eigenvalue weighted by Gasteiger charge is -2.11. The summed E-state index contributed by atoms with van der Waals surface area (Å²) in [5.74, 6) is 0.704. The van der Waals surface area contributed by atoms with Gasteiger partial charge in [-0.1, -0.05) is 0 Å². The number of nitro benzene ring substituents is 1. The summed E-state index contributed by atoms with van der Waals surface area (Å²) in [6, 6.07) is 4.87. The Morgan fingerprint density at radius 3 is 2.95 bits per heavy atom. The van der Waals surface area contributed by atoms with Crippen LogP contribution in [0.25, 0.3) is 11.0 Å². The first kappa shape index (κ1) is 14.4. The molecular weight excluding hydrogens is 282 g/mol. The van der Waals surface area contributed by atoms with Gasteiger partial charge in [-0.2, -0.15) is 0 Å². The van der Waals surface area contributed by atoms with Gasteiger partial charge >= 0.3 is 0 Å². The van der Waals surface area contributed by atoms with Gasteiger partial charge in [0.25, 0.3) is 5.69 Å². The zero-order valence-corrected chi connectivity index (χ0v) is 11.4. The predicted octanol–water partition coefficient (Wildman–Crippen LogP) is 1.73. The van der Waals surface area contributed by atoms with Crippen molar-refractivity contribution in [1.29, 1.82) is 0 Å². The second-order valence-corrected chi connectivity index (χ2v) is 4.52. The molecule has 2 N–H and O–H groups in total. The van der Waals surface area contributed by atoms with Crippen molar-refractivity contribution in [2.24, 2.45) is 0 Å². The topological polar surface area (TPSA) is 93.0 Å². The van der Waals surface area contributed by atoms with E-state index >= 15 is 0 Å². The standard InChI is InChI=1S/C12H13N5O2.ClH/c18-17(19)9-1-2-10-11(5-9)14-7-12(16-10)15-8-3-4-13-6-8;/h1-2,5,7-8,13H,3-4,6H2,(H,15,16);1H/t8-;/m1./s1. The van der Waals surface area contributed by atoms with Gasteiger partial charge in [-0.05, 0) is 19.0 Å². The molecule has 0 unspecified atom stereocenters. The van der Waals surface area contributed by atoms with E-state index in [2.05, 4.69) is 20.6 Å². The Labute approximate surface area is 121 Å². The number of hydrogen-bond donors (Lipinski definition) is 2. The Morgan fingerprint density at radius 2 is 2.25 bits per heavy atom. The largest absolute Gasteiger partial charge is 0.365 e. The number of halogens is 1. The summed E-state index contributed by atoms with van der Waals surface area (Å²) in [5.41, 5.74) is 1.22. The Hall–Kier alpha value is -1.99. The summed E-state index contributed by atoms with van der Waals surface area (Å²) < 4.78 is 0. The van der Waals surface area contributed by atoms with Crippen LogP contribution in [0.5, 0.6) is 0 Å². The minimum absolute atomic E-state index is 0. The second-order valence-electron chi connectivity index (χ2n) is 4.52. The van der Waals surface area contributed by atoms with Crippen LogP contribution >= 0.6 is 12.4 Å². The first-order valence-electron chi connectivity index (χ1n) is 6.11. The van der Waals surface area contributed by atoms with Crippen LogP contribution in [-0.2, 0) is 0 Å². The number of non-ortho nitro benzene ring substituents is 1. The first-order valence-corrected chi connectivity index (χ1v) is 6.11. The van der Waals surface area contributed by atoms with E-state index in [1.807, 2.05) is 0 Å². The van der Waals surface area contributed by atoms with Crippen LogP contribution in [0.2, 0.25) is 0 Å². The predicted molar refractivity (Wildman–Crippen MR) is 78.3 cm³/mol. The lowest BCUT2D eigenvalue weighted by Crippen LogP contribution is -2.22. The maximum Gasteiger partial charge on any atom is 0.271 e. The first-order chi connectivity index (χ1) is 9.22. The number of nitrogens with zero attached hydrogens (tertiary/aromatic N) is 3. The lowest BCUT2D eigenvalue weighted by molar-refractivity contribution is -0.384. The van der Waals surface area contributed by atoms with Crippen molar-refractivity contribution in [3.8, 4) is 0 Å². The third kappa shape index (κ3) is 2.94. The maximum atomic E-state index is 10.7. The van der Waals surface area contributed by atoms with Crippen molar-refractivity contribution < 1.29 is 4.92 Å². The van der Waals surface area contributed by atoms with Crippen molar-refractivity contribution in [1.82, 2.24) is 15.3 Å². The Bertz CT molecular complexity index is 630. The monoisotopic (exact) mass is 295 g/mol. The molecule has 1 aromatic carbocycles. The highest BCUT2D eigenvalue weighted by Crippen LogP contribution is 2.19. The third-order valence-corrected chi connectivity index (χ3v) is 3.15. The molecule has 3 rings (SSSR count). The van der Waals surface area contributed by atoms with Crippen molar-refractivity contribution in [2.45, 2.75) is 12.5 Å². The SMILES string of the molecule is Cl.O=[N+]([O-])c1ccc2nc(N[C@@H]3CCNC3)cnc2c1. The highest BCUT2D eigenvalue weighted by atomic mass is 35.5. The smallest absolute Gasteiger partial charge is 0.271 e. The van der Waals surface area contributed by atoms with E-state index in [1.165, 1.54) is 12.1 Å². The Kier molecular flexibility index (Phi) is 4.31. The molecule has 0 bridgehead atoms. The molecule has 0 radical (unpaired) electrons. The minimum atomic E-state index is -0.433. The number of benzene rings is 1. The van der Waals surface area contributed by atoms with E-state index < -0.39 is 4.92 Å². The quantitative estimate of drug-likeness (QED) is 0.662. The fraction of sp³-hybridized carbons (Fsp3) is 0.333. The Balaban J connectivity index is 0.00000147. The van der Waals surface area contributed by atoms with E-state index in [0.717, 1.165) is 19.5 Å². The van der Waals surface area contributed by atoms with E-state index in [1.54, 1.807) is 12.3 Å². The van der Waals surface area contributed by atoms with E-state index in [-0.39, 0.29) is 18.1 Å². The number of nitrogens with one attached hydrogen (secondary N) is 2. The molecule has 7 nitrogen and oxygen atoms in total. The van der Waals surface area contributed by atoms with Crippen LogP contribution in [0.4, 0.5) is 11.5 Å². The van der Waals surface area contributed by atoms with E-state index in [9.17, 15) is 10.1 Å². The molecule has 1 fully saturated rings. The zero-order chi connectivity index (χ0) is 13.2. The molecule has 8 heteroatoms. The van der Waals surface area contributed by atoms with Crippen molar-refractivity contribution in [3.63, 3.8) is 0 Å². The minimum Gasteiger partial charge on any atom is -0.365 e. The molecule has 1 aromatic heterocycles. The molecule has 0 spiro atoms. The highest BCUT2D eigenvalue weighted by molar-refractivity contribution is 5.85. The molecule has 0 saturated carbocycles. The zero-order valence-electron chi connectivity index (χ0n) is 10.6. The molecule has 0 aliphatic carbocycles. The molecular formula is C12H14ClN5O2. The van der Waals surface area contributed by atoms with Crippen LogP contribution in [0.1, 0.15) is 6.42 Å². The summed E-state index contributed by atoms with van der Waals surface area (Å²) >= 11 is 0. The number of fused-ring (bicyclic) bond motifs is 1. The van der Waals surface area contributed by atoms with Crippen LogP contribution in [-0.4, -0.2) is 34.0 Å². The van der Waals surface area contributed by atoms with Crippen LogP contribution in [0.3, 0.4) is 0 Å². The van der Waals surface area contributed by atoms with Crippen LogP contribution in [0, 0.1) is 10.1 Å². The van der Waals surface area contributed by atoms with Gasteiger partial charge in [-0.25, -0.2) is 4.98 Å². The van der Waals surface area contributed by atoms with Gasteiger partial charge in [0, 0.05) is 24.7 Å². The van der Waals surface area contributed by atoms with Gasteiger partial charge in [0.1, 0.15) is 5.82 Å². The summed E-state index contributed by atoms with van der Waals surface area (Å²) in [5, 5.41) is 17.2. The average molecular weight is 296 g/mol. The molecule has 1 saturated heterocycles. The highest BCUT2D eigenvalue weighted by Gasteiger charge is 2.15. The number of anilines is 1. The average Bonchev–Trinajstić information content (AvgIpc) is 2.91. The molecule has 1 aliphatic rings. The normalized spacial score (nSPS) is 17.7. The van der Waals surface area contributed by atoms with Gasteiger partial charge in [-0.15, -0.1) is 12.4 Å². The summed E-state index contributed by atoms with van der Waals surface area (Å²) in [6.45, 7) is 1.92. The fourth-order valence-electron chi connectivity index (χ4n) is 2.17. The number of aromatic nitrogens is 2. The third-order valence-electron chi connectivity index (χ3n) is 3.15. The van der Waals surface area contributed by atoms with Gasteiger partial charge in [-0.3, -0.25) is 15.1 Å². The summed E-state index contributed by atoms with van der Waals surface area (Å²) in [7, 11) is 0. The van der Waals surface area contributed by atoms with Gasteiger partial charge in [0.2, 0.25) is 0 Å². The van der Waals surface area contributed by atoms with Gasteiger partial charge in [0.05, 0.1) is 22.2 Å². The Morgan fingerprint density at radius 1 is 1.40 bits per heavy atom. The molecule has 1 aliphatic heterocycles. The van der Waals surface area contributed by atoms with Crippen molar-refractivity contribution in [3.05, 3.63) is 34.5 Å². The van der Waals surface area contributed by atoms with Crippen molar-refractivity contribution in [2.75, 3.05) is 18.4 Å². The maximum absolute atomic E-state index is 10.7. The molecule has 2 aromatic rings. The van der Waals surface area contributed by atoms with Crippen LogP contribution < -0.4 is 10.6 Å². The number of hydrogen-bond acceptors (Lipinski definition) is 6. The van der Waals surface area contributed by atoms with E-state index in [0.29, 0.717) is 22.9 Å². The lowest BCUT2D eigenvalue weighted by atomic mass is 10.2. The summed E-state index contributed by atoms with van der Waals surface area (Å²) in [4.78, 5) is 18.9. The number of rotatable bonds is 3. The van der Waals surface area contributed by atoms with E-state index in [4.69, 9.17) is 0 Å².